The summed E-state index contributed by atoms with van der Waals surface area (Å²) < 4.78 is 43.0. The molecular formula is C43H52O15. The number of hydrogen-bond donors (Lipinski definition) is 6. The van der Waals surface area contributed by atoms with Crippen LogP contribution < -0.4 is 0 Å². The third kappa shape index (κ3) is 7.51. The lowest BCUT2D eigenvalue weighted by Crippen LogP contribution is -2.53. The minimum absolute atomic E-state index is 0.0794. The van der Waals surface area contributed by atoms with Gasteiger partial charge in [-0.25, -0.2) is 0 Å². The van der Waals surface area contributed by atoms with E-state index in [4.69, 9.17) is 33.2 Å². The summed E-state index contributed by atoms with van der Waals surface area (Å²) >= 11 is 0. The number of carbonyl (C=O) groups excluding carboxylic acids is 2. The molecule has 58 heavy (non-hydrogen) atoms. The molecule has 8 rings (SSSR count). The number of aliphatic hydroxyl groups excluding tert-OH is 3. The third-order valence-electron chi connectivity index (χ3n) is 12.4. The van der Waals surface area contributed by atoms with Gasteiger partial charge >= 0.3 is 0 Å². The molecule has 0 amide bonds. The highest BCUT2D eigenvalue weighted by Gasteiger charge is 2.45. The Hall–Kier alpha value is -3.74. The van der Waals surface area contributed by atoms with Crippen molar-refractivity contribution in [2.45, 2.75) is 159 Å². The third-order valence-corrected chi connectivity index (χ3v) is 12.4. The molecule has 1 aliphatic carbocycles. The van der Waals surface area contributed by atoms with Gasteiger partial charge < -0.3 is 63.8 Å². The molecule has 0 radical (unpaired) electrons. The van der Waals surface area contributed by atoms with Crippen molar-refractivity contribution in [2.75, 3.05) is 0 Å². The van der Waals surface area contributed by atoms with Gasteiger partial charge in [-0.15, -0.1) is 0 Å². The van der Waals surface area contributed by atoms with E-state index in [1.54, 1.807) is 33.8 Å². The fraction of sp³-hybridized carbons (Fsp3) is 0.581. The predicted molar refractivity (Wildman–Crippen MR) is 204 cm³/mol. The van der Waals surface area contributed by atoms with Gasteiger partial charge in [-0.05, 0) is 77.3 Å². The number of carbonyl (C=O) groups is 2. The maximum atomic E-state index is 14.0. The van der Waals surface area contributed by atoms with Crippen LogP contribution in [-0.4, -0.2) is 122 Å². The largest absolute Gasteiger partial charge is 0.507 e. The zero-order valence-electron chi connectivity index (χ0n) is 33.1. The van der Waals surface area contributed by atoms with Gasteiger partial charge in [0.2, 0.25) is 0 Å². The molecule has 314 valence electrons. The van der Waals surface area contributed by atoms with Gasteiger partial charge in [0.05, 0.1) is 66.1 Å². The summed E-state index contributed by atoms with van der Waals surface area (Å²) in [5.74, 6) is -2.38. The number of phenolic OH excluding ortho intramolecular Hbond substituents is 3. The van der Waals surface area contributed by atoms with Crippen molar-refractivity contribution in [1.29, 1.82) is 0 Å². The van der Waals surface area contributed by atoms with Crippen LogP contribution in [0, 0.1) is 6.92 Å². The molecule has 4 heterocycles. The van der Waals surface area contributed by atoms with Crippen LogP contribution in [0.15, 0.2) is 30.3 Å². The van der Waals surface area contributed by atoms with Crippen molar-refractivity contribution < 1.29 is 73.4 Å². The van der Waals surface area contributed by atoms with Crippen molar-refractivity contribution in [2.24, 2.45) is 0 Å². The first-order chi connectivity index (χ1) is 27.6. The van der Waals surface area contributed by atoms with Crippen LogP contribution in [-0.2, 0) is 33.2 Å². The molecule has 4 aliphatic heterocycles. The van der Waals surface area contributed by atoms with Crippen LogP contribution in [0.3, 0.4) is 0 Å². The number of benzene rings is 3. The number of rotatable bonds is 7. The highest BCUT2D eigenvalue weighted by molar-refractivity contribution is 6.32. The number of ether oxygens (including phenoxy) is 7. The Morgan fingerprint density at radius 2 is 1.17 bits per heavy atom. The Balaban J connectivity index is 0.927. The van der Waals surface area contributed by atoms with Crippen molar-refractivity contribution in [1.82, 2.24) is 0 Å². The Morgan fingerprint density at radius 3 is 1.86 bits per heavy atom. The Kier molecular flexibility index (Phi) is 11.3. The maximum absolute atomic E-state index is 14.0. The first-order valence-corrected chi connectivity index (χ1v) is 20.2. The fourth-order valence-corrected chi connectivity index (χ4v) is 9.02. The molecule has 0 spiro atoms. The number of aliphatic hydroxyl groups is 3. The second kappa shape index (κ2) is 16.0. The average Bonchev–Trinajstić information content (AvgIpc) is 3.17. The summed E-state index contributed by atoms with van der Waals surface area (Å²) in [5.41, 5.74) is 0.215. The minimum Gasteiger partial charge on any atom is -0.507 e. The Morgan fingerprint density at radius 1 is 0.586 bits per heavy atom. The van der Waals surface area contributed by atoms with Gasteiger partial charge in [0.1, 0.15) is 29.5 Å². The zero-order chi connectivity index (χ0) is 41.3. The van der Waals surface area contributed by atoms with Gasteiger partial charge in [-0.2, -0.15) is 0 Å². The smallest absolute Gasteiger partial charge is 0.198 e. The van der Waals surface area contributed by atoms with E-state index in [0.717, 1.165) is 0 Å². The van der Waals surface area contributed by atoms with Crippen LogP contribution in [0.2, 0.25) is 0 Å². The van der Waals surface area contributed by atoms with Crippen molar-refractivity contribution >= 4 is 22.3 Å². The molecule has 4 fully saturated rings. The number of hydrogen-bond acceptors (Lipinski definition) is 15. The van der Waals surface area contributed by atoms with Crippen molar-refractivity contribution in [3.05, 3.63) is 63.7 Å². The van der Waals surface area contributed by atoms with E-state index in [1.807, 2.05) is 6.92 Å². The standard InChI is InChI=1S/C43H52O15/c1-17-12-25-24(28(45)13-17)14-26-37(42(25)50)41(49)23-7-6-22(40(48)36(23)43(26)51)30-15-31(38(46)20(4)52-30)57-34-11-9-29(19(3)54-34)56-35-16-32(39(47)21(5)55-35)58-33-10-8-27(44)18(2)53-33/h6-7,12-14,18-21,27,29-35,38-39,44-48,50H,8-11,15-16H2,1-5H3. The molecule has 15 heteroatoms. The average molecular weight is 809 g/mol. The first-order valence-electron chi connectivity index (χ1n) is 20.2. The molecule has 5 aliphatic rings. The van der Waals surface area contributed by atoms with Gasteiger partial charge in [0, 0.05) is 53.1 Å². The van der Waals surface area contributed by atoms with Gasteiger partial charge in [-0.1, -0.05) is 6.07 Å². The Bertz CT molecular complexity index is 2070. The zero-order valence-corrected chi connectivity index (χ0v) is 33.1. The molecule has 4 saturated heterocycles. The van der Waals surface area contributed by atoms with Crippen molar-refractivity contribution in [3.8, 4) is 17.2 Å². The van der Waals surface area contributed by atoms with E-state index in [9.17, 15) is 40.2 Å². The molecule has 14 unspecified atom stereocenters. The molecule has 15 nitrogen and oxygen atoms in total. The second-order valence-corrected chi connectivity index (χ2v) is 16.5. The highest BCUT2D eigenvalue weighted by atomic mass is 16.7. The summed E-state index contributed by atoms with van der Waals surface area (Å²) in [6.45, 7) is 8.80. The topological polar surface area (TPSA) is 220 Å². The van der Waals surface area contributed by atoms with Crippen LogP contribution in [0.5, 0.6) is 17.2 Å². The van der Waals surface area contributed by atoms with E-state index in [-0.39, 0.29) is 69.4 Å². The van der Waals surface area contributed by atoms with Crippen LogP contribution in [0.1, 0.15) is 115 Å². The van der Waals surface area contributed by atoms with E-state index < -0.39 is 96.9 Å². The maximum Gasteiger partial charge on any atom is 0.198 e. The lowest BCUT2D eigenvalue weighted by Gasteiger charge is -2.44. The molecule has 14 atom stereocenters. The first kappa shape index (κ1) is 41.0. The fourth-order valence-electron chi connectivity index (χ4n) is 9.02. The molecule has 0 saturated carbocycles. The summed E-state index contributed by atoms with van der Waals surface area (Å²) in [7, 11) is 0. The number of ketones is 2. The number of aryl methyl sites for hydroxylation is 1. The molecular weight excluding hydrogens is 756 g/mol. The highest BCUT2D eigenvalue weighted by Crippen LogP contribution is 2.46. The summed E-state index contributed by atoms with van der Waals surface area (Å²) in [6, 6.07) is 7.38. The van der Waals surface area contributed by atoms with Gasteiger partial charge in [0.15, 0.2) is 30.4 Å². The summed E-state index contributed by atoms with van der Waals surface area (Å²) in [5, 5.41) is 65.8. The van der Waals surface area contributed by atoms with Crippen LogP contribution in [0.4, 0.5) is 0 Å². The lowest BCUT2D eigenvalue weighted by molar-refractivity contribution is -0.322. The normalized spacial score (nSPS) is 36.8. The predicted octanol–water partition coefficient (Wildman–Crippen LogP) is 4.31. The number of fused-ring (bicyclic) bond motifs is 3. The van der Waals surface area contributed by atoms with Gasteiger partial charge in [0.25, 0.3) is 0 Å². The Labute approximate surface area is 335 Å². The molecule has 0 bridgehead atoms. The van der Waals surface area contributed by atoms with Gasteiger partial charge in [-0.3, -0.25) is 9.59 Å². The summed E-state index contributed by atoms with van der Waals surface area (Å²) in [4.78, 5) is 27.7. The molecule has 6 N–H and O–H groups in total. The molecule has 3 aromatic rings. The van der Waals surface area contributed by atoms with Crippen LogP contribution >= 0.6 is 0 Å². The number of aromatic hydroxyl groups is 3. The van der Waals surface area contributed by atoms with E-state index in [0.29, 0.717) is 31.2 Å². The van der Waals surface area contributed by atoms with E-state index >= 15 is 0 Å². The lowest BCUT2D eigenvalue weighted by atomic mass is 9.79. The van der Waals surface area contributed by atoms with Crippen LogP contribution in [0.25, 0.3) is 10.8 Å². The van der Waals surface area contributed by atoms with E-state index in [1.165, 1.54) is 24.3 Å². The molecule has 3 aromatic carbocycles. The quantitative estimate of drug-likeness (QED) is 0.153. The SMILES string of the molecule is Cc1cc(O)c2cc3c(c(O)c2c1)C(=O)c1ccc(C2CC(OC4CCC(OC5CC(OC6CCC(O)C(C)O6)C(O)C(C)O5)C(C)O4)C(O)C(C)O2)c(O)c1C3=O. The monoisotopic (exact) mass is 808 g/mol. The summed E-state index contributed by atoms with van der Waals surface area (Å²) in [6.07, 6.45) is -6.78. The minimum atomic E-state index is -1.05. The molecule has 0 aromatic heterocycles. The van der Waals surface area contributed by atoms with E-state index in [2.05, 4.69) is 0 Å². The number of phenols is 3. The second-order valence-electron chi connectivity index (χ2n) is 16.5. The van der Waals surface area contributed by atoms with Crippen molar-refractivity contribution in [3.63, 3.8) is 0 Å².